The van der Waals surface area contributed by atoms with E-state index in [1.54, 1.807) is 19.1 Å². The fourth-order valence-electron chi connectivity index (χ4n) is 6.68. The molecular weight excluding hydrogens is 470 g/mol. The zero-order valence-corrected chi connectivity index (χ0v) is 21.9. The van der Waals surface area contributed by atoms with Gasteiger partial charge in [-0.25, -0.2) is 0 Å². The third kappa shape index (κ3) is 4.59. The molecule has 198 valence electrons. The Bertz CT molecular complexity index is 1140. The number of ketones is 1. The van der Waals surface area contributed by atoms with Gasteiger partial charge in [0.05, 0.1) is 6.10 Å². The molecule has 7 nitrogen and oxygen atoms in total. The van der Waals surface area contributed by atoms with Crippen molar-refractivity contribution in [2.75, 3.05) is 0 Å². The molecule has 4 rings (SSSR count). The van der Waals surface area contributed by atoms with E-state index in [2.05, 4.69) is 11.9 Å². The van der Waals surface area contributed by atoms with Gasteiger partial charge in [-0.3, -0.25) is 14.4 Å². The molecule has 3 aliphatic rings. The molecule has 1 aromatic carbocycles. The van der Waals surface area contributed by atoms with Gasteiger partial charge >= 0.3 is 5.97 Å². The molecule has 0 bridgehead atoms. The monoisotopic (exact) mass is 507 g/mol. The Hall–Kier alpha value is -3.03. The number of allylic oxidation sites excluding steroid dienone is 1. The number of hydrogen-bond donors (Lipinski definition) is 3. The van der Waals surface area contributed by atoms with Crippen molar-refractivity contribution in [1.29, 1.82) is 0 Å². The summed E-state index contributed by atoms with van der Waals surface area (Å²) in [6, 6.07) is 9.49. The van der Waals surface area contributed by atoms with Crippen molar-refractivity contribution in [2.24, 2.45) is 29.1 Å². The number of Topliss-reactive ketones (excluding diaryl/α,β-unsaturated/α-hetero) is 1. The van der Waals surface area contributed by atoms with Crippen LogP contribution >= 0.6 is 0 Å². The maximum atomic E-state index is 14.2. The quantitative estimate of drug-likeness (QED) is 0.428. The van der Waals surface area contributed by atoms with Gasteiger partial charge in [0.2, 0.25) is 5.91 Å². The molecule has 0 aromatic heterocycles. The van der Waals surface area contributed by atoms with E-state index in [9.17, 15) is 24.6 Å². The standard InChI is InChI=1S/C30H37NO6/c1-17-10-9-13-22-26(33)19(3)18(2)25-23(16-21-11-7-6-8-12-21)31-28(35)30(22,25)24(37-20(4)32)14-15-29(5,36)27(17)34/h6-9,11-15,17-18,22-26,33,36H,3,10,16H2,1-2,4-5H3,(H,31,35)/b13-9+,15-14?/t17?,18-,22+,23-,24+,25-,26-,29-,30-/m0/s1. The average Bonchev–Trinajstić information content (AvgIpc) is 3.13. The summed E-state index contributed by atoms with van der Waals surface area (Å²) in [6.45, 7) is 10.5. The molecule has 3 N–H and O–H groups in total. The molecule has 9 atom stereocenters. The molecule has 1 spiro atoms. The van der Waals surface area contributed by atoms with E-state index in [0.717, 1.165) is 5.56 Å². The van der Waals surface area contributed by atoms with Crippen LogP contribution in [0.2, 0.25) is 0 Å². The van der Waals surface area contributed by atoms with E-state index in [1.165, 1.54) is 26.0 Å². The van der Waals surface area contributed by atoms with Crippen LogP contribution in [0.1, 0.15) is 39.7 Å². The lowest BCUT2D eigenvalue weighted by atomic mass is 9.51. The van der Waals surface area contributed by atoms with E-state index in [4.69, 9.17) is 4.74 Å². The number of hydrogen-bond acceptors (Lipinski definition) is 6. The molecule has 1 unspecified atom stereocenters. The van der Waals surface area contributed by atoms with Gasteiger partial charge in [0.15, 0.2) is 5.78 Å². The van der Waals surface area contributed by atoms with Crippen LogP contribution in [0.5, 0.6) is 0 Å². The second kappa shape index (κ2) is 10.0. The van der Waals surface area contributed by atoms with Gasteiger partial charge in [0, 0.05) is 30.7 Å². The van der Waals surface area contributed by atoms with E-state index >= 15 is 0 Å². The molecule has 7 heteroatoms. The largest absolute Gasteiger partial charge is 0.457 e. The summed E-state index contributed by atoms with van der Waals surface area (Å²) in [5, 5.41) is 25.7. The maximum absolute atomic E-state index is 14.2. The minimum atomic E-state index is -1.82. The average molecular weight is 508 g/mol. The van der Waals surface area contributed by atoms with Crippen molar-refractivity contribution >= 4 is 17.7 Å². The molecule has 1 heterocycles. The van der Waals surface area contributed by atoms with Crippen LogP contribution in [0.3, 0.4) is 0 Å². The van der Waals surface area contributed by atoms with Crippen LogP contribution in [0.4, 0.5) is 0 Å². The van der Waals surface area contributed by atoms with Crippen molar-refractivity contribution in [3.8, 4) is 0 Å². The highest BCUT2D eigenvalue weighted by atomic mass is 16.5. The van der Waals surface area contributed by atoms with E-state index in [1.807, 2.05) is 37.3 Å². The fraction of sp³-hybridized carbons (Fsp3) is 0.500. The van der Waals surface area contributed by atoms with Crippen LogP contribution in [-0.4, -0.2) is 51.7 Å². The summed E-state index contributed by atoms with van der Waals surface area (Å²) in [5.74, 6) is -3.26. The van der Waals surface area contributed by atoms with Crippen LogP contribution in [-0.2, 0) is 25.5 Å². The zero-order valence-electron chi connectivity index (χ0n) is 21.9. The van der Waals surface area contributed by atoms with Gasteiger partial charge in [-0.1, -0.05) is 62.9 Å². The zero-order chi connectivity index (χ0) is 27.1. The predicted octanol–water partition coefficient (Wildman–Crippen LogP) is 2.92. The van der Waals surface area contributed by atoms with Crippen LogP contribution in [0, 0.1) is 29.1 Å². The van der Waals surface area contributed by atoms with Crippen molar-refractivity contribution in [3.63, 3.8) is 0 Å². The molecule has 1 saturated carbocycles. The van der Waals surface area contributed by atoms with E-state index in [0.29, 0.717) is 18.4 Å². The van der Waals surface area contributed by atoms with Crippen LogP contribution in [0.25, 0.3) is 0 Å². The summed E-state index contributed by atoms with van der Waals surface area (Å²) >= 11 is 0. The third-order valence-electron chi connectivity index (χ3n) is 8.53. The third-order valence-corrected chi connectivity index (χ3v) is 8.53. The lowest BCUT2D eigenvalue weighted by molar-refractivity contribution is -0.166. The summed E-state index contributed by atoms with van der Waals surface area (Å²) in [7, 11) is 0. The Morgan fingerprint density at radius 2 is 1.86 bits per heavy atom. The number of aliphatic hydroxyl groups excluding tert-OH is 1. The number of aliphatic hydroxyl groups is 2. The number of carbonyl (C=O) groups is 3. The second-order valence-corrected chi connectivity index (χ2v) is 11.0. The Labute approximate surface area is 218 Å². The predicted molar refractivity (Wildman–Crippen MR) is 139 cm³/mol. The molecule has 1 amide bonds. The number of nitrogens with one attached hydrogen (secondary N) is 1. The first-order valence-corrected chi connectivity index (χ1v) is 12.9. The van der Waals surface area contributed by atoms with Crippen molar-refractivity contribution in [3.05, 3.63) is 72.4 Å². The highest BCUT2D eigenvalue weighted by molar-refractivity contribution is 5.91. The molecule has 2 aliphatic carbocycles. The maximum Gasteiger partial charge on any atom is 0.303 e. The number of ether oxygens (including phenoxy) is 1. The molecule has 0 radical (unpaired) electrons. The van der Waals surface area contributed by atoms with E-state index < -0.39 is 46.9 Å². The number of benzene rings is 1. The lowest BCUT2D eigenvalue weighted by Gasteiger charge is -2.52. The van der Waals surface area contributed by atoms with E-state index in [-0.39, 0.29) is 23.7 Å². The minimum absolute atomic E-state index is 0.287. The Balaban J connectivity index is 1.94. The first-order chi connectivity index (χ1) is 17.4. The normalized spacial score (nSPS) is 40.7. The van der Waals surface area contributed by atoms with Crippen LogP contribution in [0.15, 0.2) is 66.8 Å². The smallest absolute Gasteiger partial charge is 0.303 e. The molecule has 1 saturated heterocycles. The Kier molecular flexibility index (Phi) is 7.32. The van der Waals surface area contributed by atoms with Gasteiger partial charge in [-0.2, -0.15) is 0 Å². The SMILES string of the molecule is C=C1[C@H](C)[C@H]2[C@H](Cc3ccccc3)NC(=O)[C@]23[C@H](/C=C/CC(C)C(=O)[C@@](C)(O)C=C[C@H]3OC(C)=O)[C@H]1O. The second-order valence-electron chi connectivity index (χ2n) is 11.0. The first kappa shape index (κ1) is 27.0. The molecule has 1 aromatic rings. The van der Waals surface area contributed by atoms with Gasteiger partial charge < -0.3 is 20.3 Å². The van der Waals surface area contributed by atoms with Crippen molar-refractivity contribution < 1.29 is 29.3 Å². The molecule has 1 aliphatic heterocycles. The fourth-order valence-corrected chi connectivity index (χ4v) is 6.68. The summed E-state index contributed by atoms with van der Waals surface area (Å²) in [4.78, 5) is 39.5. The van der Waals surface area contributed by atoms with Gasteiger partial charge in [0.1, 0.15) is 17.1 Å². The van der Waals surface area contributed by atoms with Crippen molar-refractivity contribution in [2.45, 2.75) is 64.4 Å². The highest BCUT2D eigenvalue weighted by Gasteiger charge is 2.68. The number of amides is 1. The number of esters is 1. The lowest BCUT2D eigenvalue weighted by Crippen LogP contribution is -2.60. The van der Waals surface area contributed by atoms with Crippen LogP contribution < -0.4 is 5.32 Å². The Morgan fingerprint density at radius 3 is 2.51 bits per heavy atom. The van der Waals surface area contributed by atoms with Gasteiger partial charge in [-0.15, -0.1) is 0 Å². The molecular formula is C30H37NO6. The van der Waals surface area contributed by atoms with Crippen molar-refractivity contribution in [1.82, 2.24) is 5.32 Å². The molecule has 2 fully saturated rings. The first-order valence-electron chi connectivity index (χ1n) is 12.9. The summed E-state index contributed by atoms with van der Waals surface area (Å²) in [5.41, 5.74) is -1.55. The highest BCUT2D eigenvalue weighted by Crippen LogP contribution is 2.58. The minimum Gasteiger partial charge on any atom is -0.457 e. The molecule has 37 heavy (non-hydrogen) atoms. The number of rotatable bonds is 3. The number of carbonyl (C=O) groups excluding carboxylic acids is 3. The van der Waals surface area contributed by atoms with Gasteiger partial charge in [0.25, 0.3) is 0 Å². The summed E-state index contributed by atoms with van der Waals surface area (Å²) in [6.07, 6.45) is 5.01. The summed E-state index contributed by atoms with van der Waals surface area (Å²) < 4.78 is 5.81. The van der Waals surface area contributed by atoms with Gasteiger partial charge in [-0.05, 0) is 49.0 Å². The Morgan fingerprint density at radius 1 is 1.19 bits per heavy atom. The topological polar surface area (TPSA) is 113 Å².